The molecule has 1 aliphatic carbocycles. The van der Waals surface area contributed by atoms with Gasteiger partial charge < -0.3 is 5.32 Å². The van der Waals surface area contributed by atoms with Crippen LogP contribution in [0.15, 0.2) is 22.7 Å². The average molecular weight is 272 g/mol. The van der Waals surface area contributed by atoms with Gasteiger partial charge in [0.25, 0.3) is 0 Å². The van der Waals surface area contributed by atoms with E-state index in [0.717, 1.165) is 36.6 Å². The molecule has 0 aromatic carbocycles. The molecule has 20 heavy (non-hydrogen) atoms. The number of aromatic nitrogens is 2. The number of allylic oxidation sites excluding steroid dienone is 1. The predicted octanol–water partition coefficient (Wildman–Crippen LogP) is 3.86. The second-order valence-electron chi connectivity index (χ2n) is 5.82. The SMILES string of the molecule is CC/C=C1/C(=NC2CC2)Nc2cc(C)nn2C1CCC. The minimum absolute atomic E-state index is 0.336. The summed E-state index contributed by atoms with van der Waals surface area (Å²) in [4.78, 5) is 4.88. The first-order valence-electron chi connectivity index (χ1n) is 7.84. The minimum atomic E-state index is 0.336. The topological polar surface area (TPSA) is 42.2 Å². The van der Waals surface area contributed by atoms with E-state index < -0.39 is 0 Å². The van der Waals surface area contributed by atoms with Gasteiger partial charge in [-0.05, 0) is 32.6 Å². The summed E-state index contributed by atoms with van der Waals surface area (Å²) in [7, 11) is 0. The van der Waals surface area contributed by atoms with Crippen LogP contribution in [0.5, 0.6) is 0 Å². The van der Waals surface area contributed by atoms with Crippen LogP contribution in [-0.4, -0.2) is 21.7 Å². The largest absolute Gasteiger partial charge is 0.325 e. The van der Waals surface area contributed by atoms with Gasteiger partial charge in [0.2, 0.25) is 0 Å². The lowest BCUT2D eigenvalue weighted by Gasteiger charge is -2.30. The Balaban J connectivity index is 2.04. The van der Waals surface area contributed by atoms with Crippen molar-refractivity contribution in [1.82, 2.24) is 9.78 Å². The molecule has 1 unspecified atom stereocenters. The van der Waals surface area contributed by atoms with Crippen LogP contribution in [0.1, 0.15) is 57.7 Å². The van der Waals surface area contributed by atoms with Crippen molar-refractivity contribution in [3.63, 3.8) is 0 Å². The van der Waals surface area contributed by atoms with Gasteiger partial charge in [0.15, 0.2) is 0 Å². The summed E-state index contributed by atoms with van der Waals surface area (Å²) in [6, 6.07) is 2.99. The van der Waals surface area contributed by atoms with E-state index in [1.165, 1.54) is 18.4 Å². The van der Waals surface area contributed by atoms with E-state index in [4.69, 9.17) is 4.99 Å². The van der Waals surface area contributed by atoms with E-state index in [-0.39, 0.29) is 0 Å². The molecule has 1 aliphatic heterocycles. The van der Waals surface area contributed by atoms with E-state index in [1.54, 1.807) is 0 Å². The minimum Gasteiger partial charge on any atom is -0.325 e. The normalized spacial score (nSPS) is 25.9. The summed E-state index contributed by atoms with van der Waals surface area (Å²) in [6.45, 7) is 6.48. The number of nitrogens with zero attached hydrogens (tertiary/aromatic N) is 3. The zero-order chi connectivity index (χ0) is 14.1. The standard InChI is InChI=1S/C16H24N4/c1-4-6-13-14(7-5-2)20-15(10-11(3)19-20)18-16(13)17-12-8-9-12/h6,10,12,14H,4-5,7-9H2,1-3H3,(H,17,18)/b13-6+. The third kappa shape index (κ3) is 2.51. The first-order valence-corrected chi connectivity index (χ1v) is 7.84. The molecule has 0 bridgehead atoms. The number of anilines is 1. The fourth-order valence-electron chi connectivity index (χ4n) is 2.83. The van der Waals surface area contributed by atoms with Crippen LogP contribution in [-0.2, 0) is 0 Å². The number of aryl methyl sites for hydroxylation is 1. The highest BCUT2D eigenvalue weighted by molar-refractivity contribution is 6.09. The lowest BCUT2D eigenvalue weighted by Crippen LogP contribution is -2.31. The third-order valence-electron chi connectivity index (χ3n) is 3.88. The lowest BCUT2D eigenvalue weighted by atomic mass is 9.98. The maximum Gasteiger partial charge on any atom is 0.131 e. The highest BCUT2D eigenvalue weighted by Gasteiger charge is 2.31. The van der Waals surface area contributed by atoms with E-state index in [1.807, 2.05) is 0 Å². The smallest absolute Gasteiger partial charge is 0.131 e. The Morgan fingerprint density at radius 1 is 1.45 bits per heavy atom. The average Bonchev–Trinajstić information content (AvgIpc) is 3.14. The number of rotatable bonds is 4. The van der Waals surface area contributed by atoms with Crippen molar-refractivity contribution in [2.24, 2.45) is 4.99 Å². The summed E-state index contributed by atoms with van der Waals surface area (Å²) in [5, 5.41) is 8.17. The van der Waals surface area contributed by atoms with Gasteiger partial charge in [-0.2, -0.15) is 5.10 Å². The van der Waals surface area contributed by atoms with Gasteiger partial charge in [-0.25, -0.2) is 4.68 Å². The Labute approximate surface area is 121 Å². The Bertz CT molecular complexity index is 549. The molecule has 1 fully saturated rings. The van der Waals surface area contributed by atoms with Crippen LogP contribution in [0.3, 0.4) is 0 Å². The molecule has 1 aromatic rings. The Kier molecular flexibility index (Phi) is 3.64. The maximum atomic E-state index is 4.88. The maximum absolute atomic E-state index is 4.88. The molecule has 1 N–H and O–H groups in total. The fraction of sp³-hybridized carbons (Fsp3) is 0.625. The first-order chi connectivity index (χ1) is 9.72. The van der Waals surface area contributed by atoms with E-state index >= 15 is 0 Å². The molecular weight excluding hydrogens is 248 g/mol. The molecular formula is C16H24N4. The second kappa shape index (κ2) is 5.43. The van der Waals surface area contributed by atoms with Crippen molar-refractivity contribution < 1.29 is 0 Å². The van der Waals surface area contributed by atoms with Crippen LogP contribution in [0, 0.1) is 6.92 Å². The number of nitrogens with one attached hydrogen (secondary N) is 1. The van der Waals surface area contributed by atoms with Crippen molar-refractivity contribution in [2.45, 2.75) is 65.0 Å². The summed E-state index contributed by atoms with van der Waals surface area (Å²) < 4.78 is 2.15. The zero-order valence-corrected chi connectivity index (χ0v) is 12.7. The van der Waals surface area contributed by atoms with Crippen LogP contribution in [0.2, 0.25) is 0 Å². The highest BCUT2D eigenvalue weighted by Crippen LogP contribution is 2.35. The van der Waals surface area contributed by atoms with Gasteiger partial charge in [0.05, 0.1) is 17.8 Å². The lowest BCUT2D eigenvalue weighted by molar-refractivity contribution is 0.483. The molecule has 4 heteroatoms. The molecule has 1 atom stereocenters. The number of hydrogen-bond acceptors (Lipinski definition) is 2. The molecule has 0 spiro atoms. The Morgan fingerprint density at radius 3 is 2.90 bits per heavy atom. The Morgan fingerprint density at radius 2 is 2.25 bits per heavy atom. The molecule has 2 heterocycles. The van der Waals surface area contributed by atoms with E-state index in [0.29, 0.717) is 12.1 Å². The van der Waals surface area contributed by atoms with Crippen molar-refractivity contribution in [2.75, 3.05) is 5.32 Å². The van der Waals surface area contributed by atoms with Crippen LogP contribution < -0.4 is 5.32 Å². The summed E-state index contributed by atoms with van der Waals surface area (Å²) >= 11 is 0. The second-order valence-corrected chi connectivity index (χ2v) is 5.82. The van der Waals surface area contributed by atoms with Gasteiger partial charge in [-0.1, -0.05) is 26.3 Å². The molecule has 1 aromatic heterocycles. The van der Waals surface area contributed by atoms with Crippen LogP contribution in [0.25, 0.3) is 0 Å². The molecule has 108 valence electrons. The summed E-state index contributed by atoms with van der Waals surface area (Å²) in [5.41, 5.74) is 2.40. The van der Waals surface area contributed by atoms with Crippen LogP contribution >= 0.6 is 0 Å². The first kappa shape index (κ1) is 13.4. The van der Waals surface area contributed by atoms with Crippen molar-refractivity contribution in [3.8, 4) is 0 Å². The molecule has 0 radical (unpaired) electrons. The van der Waals surface area contributed by atoms with Crippen molar-refractivity contribution >= 4 is 11.7 Å². The van der Waals surface area contributed by atoms with Gasteiger partial charge >= 0.3 is 0 Å². The summed E-state index contributed by atoms with van der Waals surface area (Å²) in [5.74, 6) is 2.17. The predicted molar refractivity (Wildman–Crippen MR) is 83.4 cm³/mol. The fourth-order valence-corrected chi connectivity index (χ4v) is 2.83. The zero-order valence-electron chi connectivity index (χ0n) is 12.7. The van der Waals surface area contributed by atoms with E-state index in [2.05, 4.69) is 48.0 Å². The molecule has 2 aliphatic rings. The quantitative estimate of drug-likeness (QED) is 0.904. The molecule has 0 amide bonds. The molecule has 1 saturated carbocycles. The monoisotopic (exact) mass is 272 g/mol. The number of aliphatic imine (C=N–C) groups is 1. The summed E-state index contributed by atoms with van der Waals surface area (Å²) in [6.07, 6.45) is 8.10. The van der Waals surface area contributed by atoms with Gasteiger partial charge in [-0.3, -0.25) is 4.99 Å². The van der Waals surface area contributed by atoms with Crippen molar-refractivity contribution in [3.05, 3.63) is 23.4 Å². The van der Waals surface area contributed by atoms with E-state index in [9.17, 15) is 0 Å². The molecule has 4 nitrogen and oxygen atoms in total. The number of fused-ring (bicyclic) bond motifs is 1. The van der Waals surface area contributed by atoms with Gasteiger partial charge in [0.1, 0.15) is 11.7 Å². The van der Waals surface area contributed by atoms with Crippen LogP contribution in [0.4, 0.5) is 5.82 Å². The van der Waals surface area contributed by atoms with Gasteiger partial charge in [0, 0.05) is 11.6 Å². The number of amidine groups is 1. The molecule has 3 rings (SSSR count). The Hall–Kier alpha value is -1.58. The number of hydrogen-bond donors (Lipinski definition) is 1. The van der Waals surface area contributed by atoms with Crippen molar-refractivity contribution in [1.29, 1.82) is 0 Å². The third-order valence-corrected chi connectivity index (χ3v) is 3.88. The highest BCUT2D eigenvalue weighted by atomic mass is 15.4. The van der Waals surface area contributed by atoms with Gasteiger partial charge in [-0.15, -0.1) is 0 Å². The molecule has 0 saturated heterocycles.